The smallest absolute Gasteiger partial charge is 0.0746 e. The van der Waals surface area contributed by atoms with E-state index in [4.69, 9.17) is 0 Å². The number of hydrogen-bond donors (Lipinski definition) is 0. The SMILES string of the molecule is c1ccc(-c2cccc3c2sc2c(-c4ccc(N(c5ccc(-c6cccc7c6c6ccccc6n7-c6ccccc6)cc5)c5cccc6c5C5(c7ccccc7-c7ccccc75)c5ccccc5-6)cc4)cccc23)cc1. The molecule has 12 aromatic carbocycles. The minimum atomic E-state index is -0.536. The van der Waals surface area contributed by atoms with E-state index in [0.717, 1.165) is 22.7 Å². The molecule has 2 aliphatic carbocycles. The summed E-state index contributed by atoms with van der Waals surface area (Å²) in [6, 6.07) is 104. The van der Waals surface area contributed by atoms with Crippen molar-refractivity contribution in [2.24, 2.45) is 0 Å². The molecule has 354 valence electrons. The Morgan fingerprint density at radius 2 is 0.724 bits per heavy atom. The molecule has 0 amide bonds. The van der Waals surface area contributed by atoms with Gasteiger partial charge in [-0.25, -0.2) is 0 Å². The predicted molar refractivity (Wildman–Crippen MR) is 321 cm³/mol. The van der Waals surface area contributed by atoms with Crippen molar-refractivity contribution in [3.63, 3.8) is 0 Å². The molecule has 76 heavy (non-hydrogen) atoms. The summed E-state index contributed by atoms with van der Waals surface area (Å²) < 4.78 is 5.03. The first-order valence-electron chi connectivity index (χ1n) is 26.2. The van der Waals surface area contributed by atoms with Crippen LogP contribution >= 0.6 is 11.3 Å². The second-order valence-corrected chi connectivity index (χ2v) is 21.3. The molecule has 0 bridgehead atoms. The van der Waals surface area contributed by atoms with Gasteiger partial charge in [0.15, 0.2) is 0 Å². The molecule has 16 rings (SSSR count). The summed E-state index contributed by atoms with van der Waals surface area (Å²) in [5.41, 5.74) is 24.2. The van der Waals surface area contributed by atoms with Crippen LogP contribution in [0.3, 0.4) is 0 Å². The second-order valence-electron chi connectivity index (χ2n) is 20.2. The van der Waals surface area contributed by atoms with Crippen molar-refractivity contribution in [2.75, 3.05) is 4.90 Å². The van der Waals surface area contributed by atoms with E-state index in [-0.39, 0.29) is 0 Å². The van der Waals surface area contributed by atoms with Gasteiger partial charge in [-0.1, -0.05) is 224 Å². The molecule has 2 aliphatic rings. The highest BCUT2D eigenvalue weighted by Crippen LogP contribution is 2.65. The van der Waals surface area contributed by atoms with Gasteiger partial charge in [0.1, 0.15) is 0 Å². The Hall–Kier alpha value is -9.54. The molecule has 2 aromatic heterocycles. The van der Waals surface area contributed by atoms with Crippen LogP contribution in [0.15, 0.2) is 279 Å². The molecule has 0 aliphatic heterocycles. The van der Waals surface area contributed by atoms with E-state index >= 15 is 0 Å². The summed E-state index contributed by atoms with van der Waals surface area (Å²) in [6.07, 6.45) is 0. The largest absolute Gasteiger partial charge is 0.310 e. The Morgan fingerprint density at radius 3 is 1.34 bits per heavy atom. The number of fused-ring (bicyclic) bond motifs is 16. The van der Waals surface area contributed by atoms with Gasteiger partial charge in [-0.2, -0.15) is 0 Å². The molecule has 0 atom stereocenters. The minimum Gasteiger partial charge on any atom is -0.310 e. The van der Waals surface area contributed by atoms with Crippen LogP contribution in [-0.2, 0) is 5.41 Å². The summed E-state index contributed by atoms with van der Waals surface area (Å²) in [5, 5.41) is 5.09. The van der Waals surface area contributed by atoms with Gasteiger partial charge >= 0.3 is 0 Å². The molecular formula is C73H46N2S. The highest BCUT2D eigenvalue weighted by molar-refractivity contribution is 7.26. The van der Waals surface area contributed by atoms with Crippen LogP contribution in [0.2, 0.25) is 0 Å². The van der Waals surface area contributed by atoms with Gasteiger partial charge in [0.2, 0.25) is 0 Å². The van der Waals surface area contributed by atoms with Gasteiger partial charge in [-0.15, -0.1) is 11.3 Å². The van der Waals surface area contributed by atoms with Crippen LogP contribution in [0.1, 0.15) is 22.3 Å². The molecule has 0 radical (unpaired) electrons. The van der Waals surface area contributed by atoms with Crippen LogP contribution in [-0.4, -0.2) is 4.57 Å². The van der Waals surface area contributed by atoms with E-state index in [9.17, 15) is 0 Å². The zero-order valence-corrected chi connectivity index (χ0v) is 42.2. The first kappa shape index (κ1) is 42.9. The van der Waals surface area contributed by atoms with Crippen molar-refractivity contribution in [1.82, 2.24) is 4.57 Å². The topological polar surface area (TPSA) is 8.17 Å². The monoisotopic (exact) mass is 982 g/mol. The summed E-state index contributed by atoms with van der Waals surface area (Å²) >= 11 is 1.90. The lowest BCUT2D eigenvalue weighted by Gasteiger charge is -2.36. The summed E-state index contributed by atoms with van der Waals surface area (Å²) in [4.78, 5) is 2.53. The third-order valence-corrected chi connectivity index (χ3v) is 17.7. The van der Waals surface area contributed by atoms with Gasteiger partial charge < -0.3 is 9.47 Å². The van der Waals surface area contributed by atoms with Gasteiger partial charge in [0, 0.05) is 53.6 Å². The number of thiophene rings is 1. The number of aromatic nitrogens is 1. The third kappa shape index (κ3) is 6.09. The number of nitrogens with zero attached hydrogens (tertiary/aromatic N) is 2. The quantitative estimate of drug-likeness (QED) is 0.154. The van der Waals surface area contributed by atoms with Crippen molar-refractivity contribution in [1.29, 1.82) is 0 Å². The molecule has 0 fully saturated rings. The Bertz CT molecular complexity index is 4560. The fraction of sp³-hybridized carbons (Fsp3) is 0.0137. The van der Waals surface area contributed by atoms with Gasteiger partial charge in [0.25, 0.3) is 0 Å². The maximum atomic E-state index is 2.53. The molecule has 2 heterocycles. The van der Waals surface area contributed by atoms with Crippen molar-refractivity contribution in [3.8, 4) is 61.3 Å². The maximum absolute atomic E-state index is 2.53. The molecule has 0 saturated heterocycles. The van der Waals surface area contributed by atoms with Gasteiger partial charge in [0.05, 0.1) is 22.1 Å². The van der Waals surface area contributed by atoms with E-state index < -0.39 is 5.41 Å². The average Bonchev–Trinajstić information content (AvgIpc) is 4.24. The number of rotatable bonds is 7. The van der Waals surface area contributed by atoms with E-state index in [1.807, 2.05) is 11.3 Å². The lowest BCUT2D eigenvalue weighted by atomic mass is 9.70. The Morgan fingerprint density at radius 1 is 0.303 bits per heavy atom. The Balaban J connectivity index is 0.899. The zero-order chi connectivity index (χ0) is 49.9. The average molecular weight is 983 g/mol. The normalized spacial score (nSPS) is 12.8. The lowest BCUT2D eigenvalue weighted by Crippen LogP contribution is -2.28. The summed E-state index contributed by atoms with van der Waals surface area (Å²) in [5.74, 6) is 0. The fourth-order valence-corrected chi connectivity index (χ4v) is 14.7. The van der Waals surface area contributed by atoms with Gasteiger partial charge in [-0.05, 0) is 127 Å². The van der Waals surface area contributed by atoms with E-state index in [2.05, 4.69) is 289 Å². The fourth-order valence-electron chi connectivity index (χ4n) is 13.3. The number of para-hydroxylation sites is 2. The number of anilines is 3. The number of benzene rings is 12. The first-order valence-corrected chi connectivity index (χ1v) is 27.1. The first-order chi connectivity index (χ1) is 37.7. The molecule has 0 unspecified atom stereocenters. The van der Waals surface area contributed by atoms with Crippen LogP contribution in [0.5, 0.6) is 0 Å². The highest BCUT2D eigenvalue weighted by atomic mass is 32.1. The molecular weight excluding hydrogens is 937 g/mol. The van der Waals surface area contributed by atoms with Crippen LogP contribution in [0, 0.1) is 0 Å². The van der Waals surface area contributed by atoms with Crippen LogP contribution in [0.4, 0.5) is 17.1 Å². The predicted octanol–water partition coefficient (Wildman–Crippen LogP) is 20.0. The van der Waals surface area contributed by atoms with Crippen LogP contribution in [0.25, 0.3) is 103 Å². The third-order valence-electron chi connectivity index (χ3n) is 16.4. The molecule has 0 N–H and O–H groups in total. The maximum Gasteiger partial charge on any atom is 0.0746 e. The lowest BCUT2D eigenvalue weighted by molar-refractivity contribution is 0.793. The Labute approximate surface area is 445 Å². The number of hydrogen-bond acceptors (Lipinski definition) is 2. The Kier molecular flexibility index (Phi) is 9.45. The second kappa shape index (κ2) is 16.7. The minimum absolute atomic E-state index is 0.536. The van der Waals surface area contributed by atoms with E-state index in [1.54, 1.807) is 0 Å². The van der Waals surface area contributed by atoms with E-state index in [0.29, 0.717) is 0 Å². The zero-order valence-electron chi connectivity index (χ0n) is 41.4. The van der Waals surface area contributed by atoms with Crippen molar-refractivity contribution >= 4 is 70.4 Å². The summed E-state index contributed by atoms with van der Waals surface area (Å²) in [6.45, 7) is 0. The molecule has 2 nitrogen and oxygen atoms in total. The van der Waals surface area contributed by atoms with Crippen molar-refractivity contribution in [2.45, 2.75) is 5.41 Å². The van der Waals surface area contributed by atoms with Gasteiger partial charge in [-0.3, -0.25) is 0 Å². The highest BCUT2D eigenvalue weighted by Gasteiger charge is 2.53. The molecule has 14 aromatic rings. The molecule has 3 heteroatoms. The molecule has 1 spiro atoms. The molecule has 0 saturated carbocycles. The van der Waals surface area contributed by atoms with Crippen molar-refractivity contribution in [3.05, 3.63) is 301 Å². The van der Waals surface area contributed by atoms with E-state index in [1.165, 1.54) is 120 Å². The van der Waals surface area contributed by atoms with Crippen LogP contribution < -0.4 is 4.90 Å². The standard InChI is InChI=1S/C73H46N2S/c1-3-19-47(20-4-1)54-28-15-31-60-61-32-16-29-55(72(61)76-71(54)60)49-41-45-52(46-42-49)74(51-43-39-48(40-44-51)53-27-17-37-67-69(53)62-26-10-14-36-66(62)75(67)50-21-5-2-6-22-50)68-38-18-30-59-58-25-9-13-35-65(58)73(70(59)68)63-33-11-7-23-56(63)57-24-8-12-34-64(57)73/h1-46H. The van der Waals surface area contributed by atoms with Crippen molar-refractivity contribution < 1.29 is 0 Å². The summed E-state index contributed by atoms with van der Waals surface area (Å²) in [7, 11) is 0.